The van der Waals surface area contributed by atoms with Crippen LogP contribution in [0.4, 0.5) is 0 Å². The number of benzene rings is 1. The number of rotatable bonds is 7. The van der Waals surface area contributed by atoms with E-state index in [1.807, 2.05) is 29.2 Å². The normalized spacial score (nSPS) is 14.4. The molecule has 4 nitrogen and oxygen atoms in total. The lowest BCUT2D eigenvalue weighted by Crippen LogP contribution is -2.39. The average Bonchev–Trinajstić information content (AvgIpc) is 3.24. The molecular formula is C16H23NO3. The summed E-state index contributed by atoms with van der Waals surface area (Å²) >= 11 is 0. The summed E-state index contributed by atoms with van der Waals surface area (Å²) < 4.78 is 10.6. The SMILES string of the molecule is COCCOc1ccccc1C(=O)N(C(C)C)C1CC1. The van der Waals surface area contributed by atoms with Gasteiger partial charge in [0.1, 0.15) is 12.4 Å². The van der Waals surface area contributed by atoms with Gasteiger partial charge >= 0.3 is 0 Å². The molecule has 0 N–H and O–H groups in total. The molecule has 0 unspecified atom stereocenters. The van der Waals surface area contributed by atoms with Crippen LogP contribution in [0, 0.1) is 0 Å². The predicted molar refractivity (Wildman–Crippen MR) is 78.1 cm³/mol. The predicted octanol–water partition coefficient (Wildman–Crippen LogP) is 2.72. The fourth-order valence-corrected chi connectivity index (χ4v) is 2.32. The third kappa shape index (κ3) is 3.51. The van der Waals surface area contributed by atoms with Crippen LogP contribution in [0.15, 0.2) is 24.3 Å². The van der Waals surface area contributed by atoms with Crippen LogP contribution in [0.1, 0.15) is 37.0 Å². The van der Waals surface area contributed by atoms with Crippen molar-refractivity contribution < 1.29 is 14.3 Å². The zero-order valence-corrected chi connectivity index (χ0v) is 12.5. The minimum atomic E-state index is 0.0653. The number of hydrogen-bond acceptors (Lipinski definition) is 3. The number of ether oxygens (including phenoxy) is 2. The molecule has 1 aliphatic rings. The molecule has 4 heteroatoms. The Hall–Kier alpha value is -1.55. The van der Waals surface area contributed by atoms with Gasteiger partial charge in [-0.25, -0.2) is 0 Å². The molecule has 0 spiro atoms. The molecule has 20 heavy (non-hydrogen) atoms. The van der Waals surface area contributed by atoms with Crippen molar-refractivity contribution in [2.75, 3.05) is 20.3 Å². The summed E-state index contributed by atoms with van der Waals surface area (Å²) in [7, 11) is 1.63. The zero-order chi connectivity index (χ0) is 14.5. The van der Waals surface area contributed by atoms with Gasteiger partial charge in [-0.15, -0.1) is 0 Å². The molecule has 1 amide bonds. The number of amides is 1. The van der Waals surface area contributed by atoms with Crippen molar-refractivity contribution in [1.82, 2.24) is 4.90 Å². The Labute approximate surface area is 120 Å². The van der Waals surface area contributed by atoms with Crippen molar-refractivity contribution in [2.45, 2.75) is 38.8 Å². The number of para-hydroxylation sites is 1. The van der Waals surface area contributed by atoms with E-state index in [-0.39, 0.29) is 11.9 Å². The second kappa shape index (κ2) is 6.75. The van der Waals surface area contributed by atoms with Gasteiger partial charge < -0.3 is 14.4 Å². The van der Waals surface area contributed by atoms with Crippen molar-refractivity contribution in [3.05, 3.63) is 29.8 Å². The Bertz CT molecular complexity index is 453. The second-order valence-corrected chi connectivity index (χ2v) is 5.37. The van der Waals surface area contributed by atoms with E-state index in [0.717, 1.165) is 12.8 Å². The number of nitrogens with zero attached hydrogens (tertiary/aromatic N) is 1. The first-order chi connectivity index (χ1) is 9.65. The number of carbonyl (C=O) groups excluding carboxylic acids is 1. The zero-order valence-electron chi connectivity index (χ0n) is 12.5. The highest BCUT2D eigenvalue weighted by Crippen LogP contribution is 2.31. The molecule has 110 valence electrons. The van der Waals surface area contributed by atoms with Crippen LogP contribution < -0.4 is 4.74 Å². The first-order valence-electron chi connectivity index (χ1n) is 7.18. The fraction of sp³-hybridized carbons (Fsp3) is 0.562. The van der Waals surface area contributed by atoms with Crippen molar-refractivity contribution >= 4 is 5.91 Å². The van der Waals surface area contributed by atoms with E-state index in [1.165, 1.54) is 0 Å². The topological polar surface area (TPSA) is 38.8 Å². The fourth-order valence-electron chi connectivity index (χ4n) is 2.32. The van der Waals surface area contributed by atoms with Crippen molar-refractivity contribution in [1.29, 1.82) is 0 Å². The van der Waals surface area contributed by atoms with Gasteiger partial charge in [0, 0.05) is 19.2 Å². The van der Waals surface area contributed by atoms with Crippen LogP contribution in [0.25, 0.3) is 0 Å². The molecule has 0 bridgehead atoms. The number of methoxy groups -OCH3 is 1. The standard InChI is InChI=1S/C16H23NO3/c1-12(2)17(13-8-9-13)16(18)14-6-4-5-7-15(14)20-11-10-19-3/h4-7,12-13H,8-11H2,1-3H3. The van der Waals surface area contributed by atoms with E-state index in [9.17, 15) is 4.79 Å². The molecule has 0 heterocycles. The van der Waals surface area contributed by atoms with E-state index in [0.29, 0.717) is 30.6 Å². The molecule has 1 aliphatic carbocycles. The maximum Gasteiger partial charge on any atom is 0.258 e. The van der Waals surface area contributed by atoms with Crippen molar-refractivity contribution in [3.8, 4) is 5.75 Å². The Kier molecular flexibility index (Phi) is 5.01. The average molecular weight is 277 g/mol. The largest absolute Gasteiger partial charge is 0.490 e. The van der Waals surface area contributed by atoms with Crippen LogP contribution >= 0.6 is 0 Å². The Balaban J connectivity index is 2.15. The van der Waals surface area contributed by atoms with E-state index in [2.05, 4.69) is 13.8 Å². The number of carbonyl (C=O) groups is 1. The molecule has 1 fully saturated rings. The molecule has 2 rings (SSSR count). The Morgan fingerprint density at radius 2 is 2.00 bits per heavy atom. The minimum absolute atomic E-state index is 0.0653. The maximum atomic E-state index is 12.7. The van der Waals surface area contributed by atoms with Crippen LogP contribution in [-0.2, 0) is 4.74 Å². The lowest BCUT2D eigenvalue weighted by molar-refractivity contribution is 0.0683. The Morgan fingerprint density at radius 3 is 2.60 bits per heavy atom. The monoisotopic (exact) mass is 277 g/mol. The van der Waals surface area contributed by atoms with Gasteiger partial charge in [-0.3, -0.25) is 4.79 Å². The third-order valence-corrected chi connectivity index (χ3v) is 3.39. The van der Waals surface area contributed by atoms with Crippen LogP contribution in [0.3, 0.4) is 0 Å². The molecule has 1 aromatic rings. The molecule has 0 aromatic heterocycles. The van der Waals surface area contributed by atoms with Crippen molar-refractivity contribution in [2.24, 2.45) is 0 Å². The summed E-state index contributed by atoms with van der Waals surface area (Å²) in [6.07, 6.45) is 2.22. The highest BCUT2D eigenvalue weighted by Gasteiger charge is 2.35. The molecule has 0 radical (unpaired) electrons. The smallest absolute Gasteiger partial charge is 0.258 e. The summed E-state index contributed by atoms with van der Waals surface area (Å²) in [5.74, 6) is 0.705. The van der Waals surface area contributed by atoms with Gasteiger partial charge in [0.05, 0.1) is 12.2 Å². The lowest BCUT2D eigenvalue weighted by Gasteiger charge is -2.27. The van der Waals surface area contributed by atoms with E-state index in [4.69, 9.17) is 9.47 Å². The van der Waals surface area contributed by atoms with Gasteiger partial charge in [0.2, 0.25) is 0 Å². The molecule has 0 aliphatic heterocycles. The Morgan fingerprint density at radius 1 is 1.30 bits per heavy atom. The van der Waals surface area contributed by atoms with Crippen LogP contribution in [0.2, 0.25) is 0 Å². The summed E-state index contributed by atoms with van der Waals surface area (Å²) in [4.78, 5) is 14.7. The summed E-state index contributed by atoms with van der Waals surface area (Å²) in [6.45, 7) is 5.08. The van der Waals surface area contributed by atoms with Gasteiger partial charge in [-0.1, -0.05) is 12.1 Å². The van der Waals surface area contributed by atoms with E-state index in [1.54, 1.807) is 7.11 Å². The second-order valence-electron chi connectivity index (χ2n) is 5.37. The lowest BCUT2D eigenvalue weighted by atomic mass is 10.1. The third-order valence-electron chi connectivity index (χ3n) is 3.39. The van der Waals surface area contributed by atoms with Gasteiger partial charge in [-0.05, 0) is 38.8 Å². The highest BCUT2D eigenvalue weighted by molar-refractivity contribution is 5.97. The first kappa shape index (κ1) is 14.9. The van der Waals surface area contributed by atoms with E-state index >= 15 is 0 Å². The van der Waals surface area contributed by atoms with Crippen LogP contribution in [0.5, 0.6) is 5.75 Å². The van der Waals surface area contributed by atoms with Gasteiger partial charge in [0.25, 0.3) is 5.91 Å². The molecular weight excluding hydrogens is 254 g/mol. The first-order valence-corrected chi connectivity index (χ1v) is 7.18. The molecule has 1 saturated carbocycles. The summed E-state index contributed by atoms with van der Waals surface area (Å²) in [5, 5.41) is 0. The maximum absolute atomic E-state index is 12.7. The van der Waals surface area contributed by atoms with Crippen molar-refractivity contribution in [3.63, 3.8) is 0 Å². The summed E-state index contributed by atoms with van der Waals surface area (Å²) in [5.41, 5.74) is 0.643. The van der Waals surface area contributed by atoms with Gasteiger partial charge in [-0.2, -0.15) is 0 Å². The molecule has 0 saturated heterocycles. The summed E-state index contributed by atoms with van der Waals surface area (Å²) in [6, 6.07) is 8.05. The highest BCUT2D eigenvalue weighted by atomic mass is 16.5. The van der Waals surface area contributed by atoms with Gasteiger partial charge in [0.15, 0.2) is 0 Å². The quantitative estimate of drug-likeness (QED) is 0.719. The van der Waals surface area contributed by atoms with E-state index < -0.39 is 0 Å². The minimum Gasteiger partial charge on any atom is -0.490 e. The number of hydrogen-bond donors (Lipinski definition) is 0. The van der Waals surface area contributed by atoms with Crippen LogP contribution in [-0.4, -0.2) is 43.2 Å². The molecule has 1 aromatic carbocycles. The molecule has 0 atom stereocenters.